The molecule has 1 aromatic carbocycles. The highest BCUT2D eigenvalue weighted by molar-refractivity contribution is 7.14. The first kappa shape index (κ1) is 14.8. The number of nitrogens with zero attached hydrogens (tertiary/aromatic N) is 2. The van der Waals surface area contributed by atoms with Crippen LogP contribution in [0.5, 0.6) is 5.75 Å². The highest BCUT2D eigenvalue weighted by Gasteiger charge is 2.08. The summed E-state index contributed by atoms with van der Waals surface area (Å²) in [4.78, 5) is 15.9. The van der Waals surface area contributed by atoms with E-state index in [0.29, 0.717) is 28.0 Å². The summed E-state index contributed by atoms with van der Waals surface area (Å²) >= 11 is 1.24. The van der Waals surface area contributed by atoms with Crippen molar-refractivity contribution < 1.29 is 14.7 Å². The lowest BCUT2D eigenvalue weighted by Crippen LogP contribution is -2.19. The molecule has 0 aliphatic carbocycles. The number of carbonyl (C=O) groups excluding carboxylic acids is 1. The predicted molar refractivity (Wildman–Crippen MR) is 81.7 cm³/mol. The van der Waals surface area contributed by atoms with Crippen LogP contribution >= 0.6 is 11.3 Å². The van der Waals surface area contributed by atoms with Crippen LogP contribution in [0.3, 0.4) is 0 Å². The maximum Gasteiger partial charge on any atom is 0.325 e. The Balaban J connectivity index is 1.96. The predicted octanol–water partition coefficient (Wildman–Crippen LogP) is 2.99. The number of hydrogen-bond acceptors (Lipinski definition) is 6. The molecule has 2 aromatic rings. The molecule has 21 heavy (non-hydrogen) atoms. The molecule has 2 amide bonds. The van der Waals surface area contributed by atoms with E-state index >= 15 is 0 Å². The molecule has 0 bridgehead atoms. The minimum atomic E-state index is -0.403. The molecule has 1 aromatic heterocycles. The second-order valence-electron chi connectivity index (χ2n) is 4.03. The van der Waals surface area contributed by atoms with E-state index in [1.54, 1.807) is 43.7 Å². The molecule has 0 radical (unpaired) electrons. The molecule has 2 rings (SSSR count). The standard InChI is InChI=1S/C13H14N4O3S/c1-8(17-19)11-7-21-13(15-11)16-12(18)14-9-3-5-10(20-2)6-4-9/h3-7,19H,1-2H3,(H2,14,15,16,18). The number of nitrogens with one attached hydrogen (secondary N) is 2. The van der Waals surface area contributed by atoms with Crippen LogP contribution < -0.4 is 15.4 Å². The zero-order chi connectivity index (χ0) is 15.2. The van der Waals surface area contributed by atoms with Gasteiger partial charge in [0, 0.05) is 11.1 Å². The summed E-state index contributed by atoms with van der Waals surface area (Å²) in [5.74, 6) is 0.712. The number of aromatic nitrogens is 1. The number of methoxy groups -OCH3 is 1. The molecule has 0 fully saturated rings. The van der Waals surface area contributed by atoms with Crippen LogP contribution in [0.15, 0.2) is 34.8 Å². The molecule has 0 atom stereocenters. The second kappa shape index (κ2) is 6.71. The van der Waals surface area contributed by atoms with Crippen molar-refractivity contribution in [3.05, 3.63) is 35.3 Å². The average Bonchev–Trinajstić information content (AvgIpc) is 2.95. The summed E-state index contributed by atoms with van der Waals surface area (Å²) in [6.07, 6.45) is 0. The lowest BCUT2D eigenvalue weighted by molar-refractivity contribution is 0.262. The van der Waals surface area contributed by atoms with Crippen molar-refractivity contribution in [3.63, 3.8) is 0 Å². The van der Waals surface area contributed by atoms with E-state index in [4.69, 9.17) is 9.94 Å². The van der Waals surface area contributed by atoms with Gasteiger partial charge in [-0.3, -0.25) is 5.32 Å². The Morgan fingerprint density at radius 3 is 2.67 bits per heavy atom. The van der Waals surface area contributed by atoms with Gasteiger partial charge in [-0.25, -0.2) is 9.78 Å². The first-order chi connectivity index (χ1) is 10.1. The Bertz CT molecular complexity index is 652. The molecule has 0 saturated heterocycles. The maximum atomic E-state index is 11.8. The van der Waals surface area contributed by atoms with Gasteiger partial charge in [-0.1, -0.05) is 5.16 Å². The molecule has 0 spiro atoms. The molecule has 1 heterocycles. The summed E-state index contributed by atoms with van der Waals surface area (Å²) in [7, 11) is 1.58. The van der Waals surface area contributed by atoms with Crippen LogP contribution in [0.25, 0.3) is 0 Å². The number of anilines is 2. The van der Waals surface area contributed by atoms with Gasteiger partial charge < -0.3 is 15.3 Å². The van der Waals surface area contributed by atoms with Crippen LogP contribution in [0.1, 0.15) is 12.6 Å². The summed E-state index contributed by atoms with van der Waals surface area (Å²) < 4.78 is 5.04. The third-order valence-corrected chi connectivity index (χ3v) is 3.35. The van der Waals surface area contributed by atoms with Crippen molar-refractivity contribution in [1.29, 1.82) is 0 Å². The van der Waals surface area contributed by atoms with Crippen molar-refractivity contribution in [3.8, 4) is 5.75 Å². The maximum absolute atomic E-state index is 11.8. The molecule has 0 unspecified atom stereocenters. The third-order valence-electron chi connectivity index (χ3n) is 2.59. The number of oxime groups is 1. The molecular formula is C13H14N4O3S. The molecule has 3 N–H and O–H groups in total. The van der Waals surface area contributed by atoms with Gasteiger partial charge >= 0.3 is 6.03 Å². The Morgan fingerprint density at radius 2 is 2.05 bits per heavy atom. The minimum Gasteiger partial charge on any atom is -0.497 e. The van der Waals surface area contributed by atoms with E-state index in [-0.39, 0.29) is 0 Å². The fourth-order valence-corrected chi connectivity index (χ4v) is 2.23. The number of rotatable bonds is 4. The van der Waals surface area contributed by atoms with Crippen LogP contribution in [0.4, 0.5) is 15.6 Å². The average molecular weight is 306 g/mol. The Hall–Kier alpha value is -2.61. The highest BCUT2D eigenvalue weighted by Crippen LogP contribution is 2.18. The molecule has 0 aliphatic heterocycles. The largest absolute Gasteiger partial charge is 0.497 e. The molecular weight excluding hydrogens is 292 g/mol. The van der Waals surface area contributed by atoms with E-state index in [9.17, 15) is 4.79 Å². The van der Waals surface area contributed by atoms with E-state index in [1.165, 1.54) is 11.3 Å². The van der Waals surface area contributed by atoms with Crippen molar-refractivity contribution in [2.24, 2.45) is 5.16 Å². The van der Waals surface area contributed by atoms with Crippen molar-refractivity contribution in [1.82, 2.24) is 4.98 Å². The minimum absolute atomic E-state index is 0.384. The molecule has 110 valence electrons. The molecule has 0 aliphatic rings. The Labute approximate surface area is 125 Å². The van der Waals surface area contributed by atoms with Gasteiger partial charge in [0.15, 0.2) is 5.13 Å². The van der Waals surface area contributed by atoms with E-state index in [0.717, 1.165) is 0 Å². The third kappa shape index (κ3) is 3.93. The number of urea groups is 1. The summed E-state index contributed by atoms with van der Waals surface area (Å²) in [5, 5.41) is 19.1. The van der Waals surface area contributed by atoms with Crippen LogP contribution in [0.2, 0.25) is 0 Å². The monoisotopic (exact) mass is 306 g/mol. The normalized spacial score (nSPS) is 11.0. The quantitative estimate of drug-likeness (QED) is 0.459. The fraction of sp³-hybridized carbons (Fsp3) is 0.154. The van der Waals surface area contributed by atoms with E-state index in [2.05, 4.69) is 20.8 Å². The molecule has 8 heteroatoms. The first-order valence-electron chi connectivity index (χ1n) is 5.99. The summed E-state index contributed by atoms with van der Waals surface area (Å²) in [6.45, 7) is 1.62. The van der Waals surface area contributed by atoms with Crippen molar-refractivity contribution >= 4 is 33.9 Å². The lowest BCUT2D eigenvalue weighted by Gasteiger charge is -2.06. The Morgan fingerprint density at radius 1 is 1.33 bits per heavy atom. The zero-order valence-electron chi connectivity index (χ0n) is 11.5. The van der Waals surface area contributed by atoms with Gasteiger partial charge in [0.25, 0.3) is 0 Å². The number of ether oxygens (including phenoxy) is 1. The number of benzene rings is 1. The summed E-state index contributed by atoms with van der Waals surface area (Å²) in [5.41, 5.74) is 1.54. The van der Waals surface area contributed by atoms with E-state index < -0.39 is 6.03 Å². The highest BCUT2D eigenvalue weighted by atomic mass is 32.1. The topological polar surface area (TPSA) is 95.8 Å². The smallest absolute Gasteiger partial charge is 0.325 e. The number of amides is 2. The Kier molecular flexibility index (Phi) is 4.72. The fourth-order valence-electron chi connectivity index (χ4n) is 1.48. The first-order valence-corrected chi connectivity index (χ1v) is 6.87. The SMILES string of the molecule is COc1ccc(NC(=O)Nc2nc(C(C)=NO)cs2)cc1. The van der Waals surface area contributed by atoms with Crippen molar-refractivity contribution in [2.75, 3.05) is 17.7 Å². The van der Waals surface area contributed by atoms with Gasteiger partial charge in [-0.15, -0.1) is 11.3 Å². The van der Waals surface area contributed by atoms with Gasteiger partial charge in [0.2, 0.25) is 0 Å². The lowest BCUT2D eigenvalue weighted by atomic mass is 10.3. The van der Waals surface area contributed by atoms with Crippen molar-refractivity contribution in [2.45, 2.75) is 6.92 Å². The number of thiazole rings is 1. The number of hydrogen-bond donors (Lipinski definition) is 3. The van der Waals surface area contributed by atoms with E-state index in [1.807, 2.05) is 0 Å². The summed E-state index contributed by atoms with van der Waals surface area (Å²) in [6, 6.07) is 6.55. The zero-order valence-corrected chi connectivity index (χ0v) is 12.3. The molecule has 0 saturated carbocycles. The number of carbonyl (C=O) groups is 1. The van der Waals surface area contributed by atoms with Crippen LogP contribution in [-0.4, -0.2) is 29.0 Å². The van der Waals surface area contributed by atoms with Gasteiger partial charge in [-0.2, -0.15) is 0 Å². The van der Waals surface area contributed by atoms with Crippen LogP contribution in [-0.2, 0) is 0 Å². The molecule has 7 nitrogen and oxygen atoms in total. The van der Waals surface area contributed by atoms with Gasteiger partial charge in [0.05, 0.1) is 7.11 Å². The van der Waals surface area contributed by atoms with Crippen LogP contribution in [0, 0.1) is 0 Å². The van der Waals surface area contributed by atoms with Gasteiger partial charge in [0.1, 0.15) is 17.2 Å². The van der Waals surface area contributed by atoms with Gasteiger partial charge in [-0.05, 0) is 31.2 Å². The second-order valence-corrected chi connectivity index (χ2v) is 4.89.